The second-order valence-corrected chi connectivity index (χ2v) is 4.93. The topological polar surface area (TPSA) is 66.9 Å². The fraction of sp³-hybridized carbons (Fsp3) is 0.267. The van der Waals surface area contributed by atoms with Crippen LogP contribution in [0.5, 0.6) is 0 Å². The lowest BCUT2D eigenvalue weighted by Gasteiger charge is -2.08. The zero-order valence-corrected chi connectivity index (χ0v) is 12.7. The molecular weight excluding hydrogens is 288 g/mol. The lowest BCUT2D eigenvalue weighted by molar-refractivity contribution is 0.0950. The lowest BCUT2D eigenvalue weighted by atomic mass is 10.2. The molecule has 2 aromatic heterocycles. The molecular formula is C15H17ClN4O. The predicted molar refractivity (Wildman–Crippen MR) is 83.6 cm³/mol. The van der Waals surface area contributed by atoms with E-state index < -0.39 is 0 Å². The summed E-state index contributed by atoms with van der Waals surface area (Å²) in [5.74, 6) is 0.380. The van der Waals surface area contributed by atoms with Gasteiger partial charge in [0.25, 0.3) is 5.91 Å². The van der Waals surface area contributed by atoms with Gasteiger partial charge in [-0.1, -0.05) is 17.7 Å². The first-order chi connectivity index (χ1) is 10.1. The van der Waals surface area contributed by atoms with Crippen molar-refractivity contribution in [3.63, 3.8) is 0 Å². The van der Waals surface area contributed by atoms with Crippen LogP contribution in [0.25, 0.3) is 0 Å². The molecule has 2 heterocycles. The zero-order valence-electron chi connectivity index (χ0n) is 12.0. The van der Waals surface area contributed by atoms with Crippen molar-refractivity contribution in [3.8, 4) is 0 Å². The standard InChI is InChI=1S/C15H17ClN4O/c1-3-17-14-8-11(7-13(16)20-14)15(21)18-9-12-6-4-5-10(2)19-12/h4-8H,3,9H2,1-2H3,(H,17,20)(H,18,21). The van der Waals surface area contributed by atoms with Crippen LogP contribution in [-0.2, 0) is 6.54 Å². The number of nitrogens with zero attached hydrogens (tertiary/aromatic N) is 2. The van der Waals surface area contributed by atoms with Crippen molar-refractivity contribution in [3.05, 3.63) is 52.4 Å². The maximum Gasteiger partial charge on any atom is 0.251 e. The van der Waals surface area contributed by atoms with E-state index in [0.29, 0.717) is 24.5 Å². The molecule has 0 aromatic carbocycles. The highest BCUT2D eigenvalue weighted by molar-refractivity contribution is 6.29. The highest BCUT2D eigenvalue weighted by atomic mass is 35.5. The SMILES string of the molecule is CCNc1cc(C(=O)NCc2cccc(C)n2)cc(Cl)n1. The zero-order chi connectivity index (χ0) is 15.2. The van der Waals surface area contributed by atoms with Crippen LogP contribution in [0.4, 0.5) is 5.82 Å². The number of rotatable bonds is 5. The molecule has 0 bridgehead atoms. The Kier molecular flexibility index (Phi) is 5.11. The Hall–Kier alpha value is -2.14. The van der Waals surface area contributed by atoms with Crippen molar-refractivity contribution in [1.29, 1.82) is 0 Å². The molecule has 0 aliphatic carbocycles. The lowest BCUT2D eigenvalue weighted by Crippen LogP contribution is -2.23. The Morgan fingerprint density at radius 1 is 1.29 bits per heavy atom. The number of carbonyl (C=O) groups excluding carboxylic acids is 1. The number of nitrogens with one attached hydrogen (secondary N) is 2. The fourth-order valence-electron chi connectivity index (χ4n) is 1.87. The molecule has 5 nitrogen and oxygen atoms in total. The van der Waals surface area contributed by atoms with E-state index in [9.17, 15) is 4.79 Å². The third-order valence-corrected chi connectivity index (χ3v) is 2.98. The van der Waals surface area contributed by atoms with E-state index in [1.54, 1.807) is 12.1 Å². The van der Waals surface area contributed by atoms with Crippen molar-refractivity contribution < 1.29 is 4.79 Å². The van der Waals surface area contributed by atoms with E-state index >= 15 is 0 Å². The summed E-state index contributed by atoms with van der Waals surface area (Å²) in [6.07, 6.45) is 0. The van der Waals surface area contributed by atoms with E-state index in [0.717, 1.165) is 11.4 Å². The number of halogens is 1. The van der Waals surface area contributed by atoms with Gasteiger partial charge in [-0.3, -0.25) is 9.78 Å². The van der Waals surface area contributed by atoms with Gasteiger partial charge in [-0.05, 0) is 38.1 Å². The number of anilines is 1. The van der Waals surface area contributed by atoms with Crippen LogP contribution < -0.4 is 10.6 Å². The van der Waals surface area contributed by atoms with E-state index in [-0.39, 0.29) is 11.1 Å². The molecule has 0 saturated heterocycles. The molecule has 2 rings (SSSR count). The van der Waals surface area contributed by atoms with Gasteiger partial charge in [0.15, 0.2) is 0 Å². The van der Waals surface area contributed by atoms with E-state index in [2.05, 4.69) is 20.6 Å². The number of aryl methyl sites for hydroxylation is 1. The molecule has 21 heavy (non-hydrogen) atoms. The highest BCUT2D eigenvalue weighted by Gasteiger charge is 2.09. The van der Waals surface area contributed by atoms with Crippen LogP contribution in [0, 0.1) is 6.92 Å². The van der Waals surface area contributed by atoms with E-state index in [1.165, 1.54) is 0 Å². The molecule has 6 heteroatoms. The van der Waals surface area contributed by atoms with Crippen LogP contribution >= 0.6 is 11.6 Å². The monoisotopic (exact) mass is 304 g/mol. The molecule has 0 spiro atoms. The van der Waals surface area contributed by atoms with Gasteiger partial charge in [0.05, 0.1) is 12.2 Å². The molecule has 0 unspecified atom stereocenters. The summed E-state index contributed by atoms with van der Waals surface area (Å²) in [7, 11) is 0. The van der Waals surface area contributed by atoms with Crippen molar-refractivity contribution in [2.75, 3.05) is 11.9 Å². The second-order valence-electron chi connectivity index (χ2n) is 4.55. The first kappa shape index (κ1) is 15.3. The summed E-state index contributed by atoms with van der Waals surface area (Å²) >= 11 is 5.92. The van der Waals surface area contributed by atoms with Gasteiger partial charge in [-0.15, -0.1) is 0 Å². The Bertz CT molecular complexity index is 645. The molecule has 2 aromatic rings. The third-order valence-electron chi connectivity index (χ3n) is 2.79. The van der Waals surface area contributed by atoms with Crippen LogP contribution in [0.3, 0.4) is 0 Å². The summed E-state index contributed by atoms with van der Waals surface area (Å²) in [6.45, 7) is 4.95. The number of amides is 1. The van der Waals surface area contributed by atoms with Crippen molar-refractivity contribution >= 4 is 23.3 Å². The molecule has 0 atom stereocenters. The fourth-order valence-corrected chi connectivity index (χ4v) is 2.08. The van der Waals surface area contributed by atoms with Gasteiger partial charge < -0.3 is 10.6 Å². The normalized spacial score (nSPS) is 10.2. The van der Waals surface area contributed by atoms with Gasteiger partial charge >= 0.3 is 0 Å². The van der Waals surface area contributed by atoms with Gasteiger partial charge in [0.1, 0.15) is 11.0 Å². The Balaban J connectivity index is 2.06. The second kappa shape index (κ2) is 7.04. The minimum absolute atomic E-state index is 0.207. The minimum atomic E-state index is -0.207. The van der Waals surface area contributed by atoms with Crippen LogP contribution in [0.2, 0.25) is 5.15 Å². The minimum Gasteiger partial charge on any atom is -0.370 e. The summed E-state index contributed by atoms with van der Waals surface area (Å²) in [5, 5.41) is 6.14. The average Bonchev–Trinajstić information content (AvgIpc) is 2.44. The Labute approximate surface area is 128 Å². The number of pyridine rings is 2. The smallest absolute Gasteiger partial charge is 0.251 e. The largest absolute Gasteiger partial charge is 0.370 e. The molecule has 1 amide bonds. The quantitative estimate of drug-likeness (QED) is 0.834. The average molecular weight is 305 g/mol. The van der Waals surface area contributed by atoms with Crippen LogP contribution in [0.1, 0.15) is 28.7 Å². The summed E-state index contributed by atoms with van der Waals surface area (Å²) in [4.78, 5) is 20.6. The molecule has 0 aliphatic heterocycles. The van der Waals surface area contributed by atoms with Crippen LogP contribution in [0.15, 0.2) is 30.3 Å². The summed E-state index contributed by atoms with van der Waals surface area (Å²) < 4.78 is 0. The maximum absolute atomic E-state index is 12.2. The third kappa shape index (κ3) is 4.43. The Morgan fingerprint density at radius 3 is 2.81 bits per heavy atom. The summed E-state index contributed by atoms with van der Waals surface area (Å²) in [6, 6.07) is 8.92. The van der Waals surface area contributed by atoms with Crippen LogP contribution in [-0.4, -0.2) is 22.4 Å². The highest BCUT2D eigenvalue weighted by Crippen LogP contribution is 2.14. The molecule has 110 valence electrons. The van der Waals surface area contributed by atoms with E-state index in [4.69, 9.17) is 11.6 Å². The van der Waals surface area contributed by atoms with Gasteiger partial charge in [0, 0.05) is 17.8 Å². The van der Waals surface area contributed by atoms with E-state index in [1.807, 2.05) is 32.0 Å². The number of hydrogen-bond donors (Lipinski definition) is 2. The molecule has 0 fully saturated rings. The molecule has 0 radical (unpaired) electrons. The number of carbonyl (C=O) groups is 1. The van der Waals surface area contributed by atoms with Gasteiger partial charge in [0.2, 0.25) is 0 Å². The van der Waals surface area contributed by atoms with Crippen molar-refractivity contribution in [2.24, 2.45) is 0 Å². The molecule has 0 aliphatic rings. The Morgan fingerprint density at radius 2 is 2.10 bits per heavy atom. The predicted octanol–water partition coefficient (Wildman–Crippen LogP) is 2.80. The maximum atomic E-state index is 12.2. The van der Waals surface area contributed by atoms with Crippen molar-refractivity contribution in [2.45, 2.75) is 20.4 Å². The van der Waals surface area contributed by atoms with Crippen molar-refractivity contribution in [1.82, 2.24) is 15.3 Å². The number of hydrogen-bond acceptors (Lipinski definition) is 4. The molecule has 2 N–H and O–H groups in total. The first-order valence-electron chi connectivity index (χ1n) is 6.70. The van der Waals surface area contributed by atoms with Gasteiger partial charge in [-0.2, -0.15) is 0 Å². The van der Waals surface area contributed by atoms with Gasteiger partial charge in [-0.25, -0.2) is 4.98 Å². The number of aromatic nitrogens is 2. The summed E-state index contributed by atoms with van der Waals surface area (Å²) in [5.41, 5.74) is 2.21. The first-order valence-corrected chi connectivity index (χ1v) is 7.08. The molecule has 0 saturated carbocycles.